The monoisotopic (exact) mass is 204 g/mol. The van der Waals surface area contributed by atoms with E-state index in [-0.39, 0.29) is 23.9 Å². The maximum Gasteiger partial charge on any atom is 0.225 e. The minimum atomic E-state index is 0.0381. The van der Waals surface area contributed by atoms with Gasteiger partial charge in [0, 0.05) is 6.04 Å². The van der Waals surface area contributed by atoms with Gasteiger partial charge < -0.3 is 11.1 Å². The minimum Gasteiger partial charge on any atom is -0.349 e. The maximum atomic E-state index is 11.6. The van der Waals surface area contributed by atoms with Gasteiger partial charge in [-0.05, 0) is 18.9 Å². The summed E-state index contributed by atoms with van der Waals surface area (Å²) in [5.41, 5.74) is 6.75. The third-order valence-electron chi connectivity index (χ3n) is 2.83. The minimum absolute atomic E-state index is 0.0381. The highest BCUT2D eigenvalue weighted by atomic mass is 16.2. The summed E-state index contributed by atoms with van der Waals surface area (Å²) in [6, 6.07) is 10.1. The van der Waals surface area contributed by atoms with Crippen LogP contribution in [0.25, 0.3) is 0 Å². The highest BCUT2D eigenvalue weighted by molar-refractivity contribution is 5.82. The molecule has 80 valence electrons. The van der Waals surface area contributed by atoms with E-state index in [1.165, 1.54) is 0 Å². The molecule has 0 radical (unpaired) electrons. The van der Waals surface area contributed by atoms with Crippen molar-refractivity contribution in [2.24, 2.45) is 11.7 Å². The third-order valence-corrected chi connectivity index (χ3v) is 2.83. The number of hydrogen-bond donors (Lipinski definition) is 2. The molecule has 1 aliphatic carbocycles. The Hall–Kier alpha value is -1.35. The van der Waals surface area contributed by atoms with E-state index in [0.717, 1.165) is 12.0 Å². The van der Waals surface area contributed by atoms with Gasteiger partial charge in [0.05, 0.1) is 12.0 Å². The summed E-state index contributed by atoms with van der Waals surface area (Å²) in [6.45, 7) is 1.99. The predicted octanol–water partition coefficient (Wildman–Crippen LogP) is 1.21. The van der Waals surface area contributed by atoms with E-state index in [4.69, 9.17) is 5.73 Å². The molecule has 1 aliphatic rings. The largest absolute Gasteiger partial charge is 0.349 e. The number of nitrogens with two attached hydrogens (primary N) is 1. The van der Waals surface area contributed by atoms with Crippen molar-refractivity contribution >= 4 is 5.91 Å². The average molecular weight is 204 g/mol. The second-order valence-electron chi connectivity index (χ2n) is 4.15. The van der Waals surface area contributed by atoms with Crippen LogP contribution in [0.3, 0.4) is 0 Å². The lowest BCUT2D eigenvalue weighted by Gasteiger charge is -2.13. The van der Waals surface area contributed by atoms with E-state index in [2.05, 4.69) is 5.32 Å². The van der Waals surface area contributed by atoms with Gasteiger partial charge in [-0.25, -0.2) is 0 Å². The zero-order valence-corrected chi connectivity index (χ0v) is 8.81. The quantitative estimate of drug-likeness (QED) is 0.777. The fourth-order valence-electron chi connectivity index (χ4n) is 1.66. The number of hydrogen-bond acceptors (Lipinski definition) is 2. The molecule has 1 aromatic rings. The summed E-state index contributed by atoms with van der Waals surface area (Å²) >= 11 is 0. The third kappa shape index (κ3) is 2.36. The lowest BCUT2D eigenvalue weighted by molar-refractivity contribution is -0.123. The number of nitrogens with one attached hydrogen (secondary N) is 1. The van der Waals surface area contributed by atoms with Gasteiger partial charge >= 0.3 is 0 Å². The van der Waals surface area contributed by atoms with Gasteiger partial charge in [0.1, 0.15) is 0 Å². The standard InChI is InChI=1S/C12H16N2O/c1-8(9-5-3-2-4-6-9)14-12(15)10-7-11(10)13/h2-6,8,10-11H,7,13H2,1H3,(H,14,15). The molecule has 0 aliphatic heterocycles. The number of carbonyl (C=O) groups is 1. The molecule has 3 heteroatoms. The van der Waals surface area contributed by atoms with Crippen molar-refractivity contribution in [1.82, 2.24) is 5.32 Å². The molecule has 0 bridgehead atoms. The Morgan fingerprint density at radius 3 is 2.60 bits per heavy atom. The smallest absolute Gasteiger partial charge is 0.225 e. The van der Waals surface area contributed by atoms with Gasteiger partial charge in [-0.15, -0.1) is 0 Å². The fourth-order valence-corrected chi connectivity index (χ4v) is 1.66. The summed E-state index contributed by atoms with van der Waals surface area (Å²) in [5, 5.41) is 2.97. The number of amides is 1. The van der Waals surface area contributed by atoms with Crippen molar-refractivity contribution in [2.45, 2.75) is 25.4 Å². The molecule has 15 heavy (non-hydrogen) atoms. The molecule has 1 aromatic carbocycles. The first-order valence-corrected chi connectivity index (χ1v) is 5.29. The topological polar surface area (TPSA) is 55.1 Å². The van der Waals surface area contributed by atoms with Crippen LogP contribution in [-0.2, 0) is 4.79 Å². The molecule has 3 unspecified atom stereocenters. The summed E-state index contributed by atoms with van der Waals surface area (Å²) < 4.78 is 0. The lowest BCUT2D eigenvalue weighted by atomic mass is 10.1. The van der Waals surface area contributed by atoms with Crippen molar-refractivity contribution < 1.29 is 4.79 Å². The molecule has 3 atom stereocenters. The number of benzene rings is 1. The van der Waals surface area contributed by atoms with Gasteiger partial charge in [0.15, 0.2) is 0 Å². The lowest BCUT2D eigenvalue weighted by Crippen LogP contribution is -2.29. The van der Waals surface area contributed by atoms with E-state index < -0.39 is 0 Å². The van der Waals surface area contributed by atoms with Crippen LogP contribution < -0.4 is 11.1 Å². The predicted molar refractivity (Wildman–Crippen MR) is 59.1 cm³/mol. The summed E-state index contributed by atoms with van der Waals surface area (Å²) in [7, 11) is 0. The fraction of sp³-hybridized carbons (Fsp3) is 0.417. The Labute approximate surface area is 89.7 Å². The Morgan fingerprint density at radius 2 is 2.07 bits per heavy atom. The van der Waals surface area contributed by atoms with Crippen LogP contribution in [0.15, 0.2) is 30.3 Å². The average Bonchev–Trinajstić information content (AvgIpc) is 2.97. The normalized spacial score (nSPS) is 25.7. The van der Waals surface area contributed by atoms with Crippen LogP contribution in [0, 0.1) is 5.92 Å². The molecule has 1 fully saturated rings. The van der Waals surface area contributed by atoms with Crippen LogP contribution in [0.1, 0.15) is 24.9 Å². The first kappa shape index (κ1) is 10.2. The van der Waals surface area contributed by atoms with Crippen LogP contribution in [0.4, 0.5) is 0 Å². The van der Waals surface area contributed by atoms with E-state index in [0.29, 0.717) is 0 Å². The van der Waals surface area contributed by atoms with Gasteiger partial charge in [-0.2, -0.15) is 0 Å². The van der Waals surface area contributed by atoms with E-state index in [1.807, 2.05) is 37.3 Å². The Kier molecular flexibility index (Phi) is 2.73. The van der Waals surface area contributed by atoms with Gasteiger partial charge in [0.2, 0.25) is 5.91 Å². The van der Waals surface area contributed by atoms with Crippen molar-refractivity contribution in [1.29, 1.82) is 0 Å². The molecular formula is C12H16N2O. The molecule has 3 N–H and O–H groups in total. The van der Waals surface area contributed by atoms with E-state index in [1.54, 1.807) is 0 Å². The number of rotatable bonds is 3. The Morgan fingerprint density at radius 1 is 1.47 bits per heavy atom. The molecule has 0 spiro atoms. The highest BCUT2D eigenvalue weighted by Crippen LogP contribution is 2.28. The second-order valence-corrected chi connectivity index (χ2v) is 4.15. The second kappa shape index (κ2) is 4.03. The van der Waals surface area contributed by atoms with Crippen LogP contribution in [0.5, 0.6) is 0 Å². The molecule has 0 saturated heterocycles. The molecule has 0 aromatic heterocycles. The van der Waals surface area contributed by atoms with Gasteiger partial charge in [-0.1, -0.05) is 30.3 Å². The Balaban J connectivity index is 1.92. The molecule has 1 amide bonds. The summed E-state index contributed by atoms with van der Waals surface area (Å²) in [4.78, 5) is 11.6. The number of carbonyl (C=O) groups excluding carboxylic acids is 1. The van der Waals surface area contributed by atoms with Gasteiger partial charge in [-0.3, -0.25) is 4.79 Å². The van der Waals surface area contributed by atoms with E-state index >= 15 is 0 Å². The van der Waals surface area contributed by atoms with Crippen molar-refractivity contribution in [3.05, 3.63) is 35.9 Å². The van der Waals surface area contributed by atoms with Crippen molar-refractivity contribution in [3.63, 3.8) is 0 Å². The Bertz CT molecular complexity index is 350. The molecule has 1 saturated carbocycles. The zero-order chi connectivity index (χ0) is 10.8. The summed E-state index contributed by atoms with van der Waals surface area (Å²) in [6.07, 6.45) is 0.827. The first-order chi connectivity index (χ1) is 7.18. The summed E-state index contributed by atoms with van der Waals surface area (Å²) in [5.74, 6) is 0.120. The van der Waals surface area contributed by atoms with Crippen molar-refractivity contribution in [2.75, 3.05) is 0 Å². The zero-order valence-electron chi connectivity index (χ0n) is 8.81. The van der Waals surface area contributed by atoms with Crippen LogP contribution >= 0.6 is 0 Å². The van der Waals surface area contributed by atoms with E-state index in [9.17, 15) is 4.79 Å². The van der Waals surface area contributed by atoms with Crippen molar-refractivity contribution in [3.8, 4) is 0 Å². The van der Waals surface area contributed by atoms with Crippen LogP contribution in [0.2, 0.25) is 0 Å². The SMILES string of the molecule is CC(NC(=O)C1CC1N)c1ccccc1. The van der Waals surface area contributed by atoms with Gasteiger partial charge in [0.25, 0.3) is 0 Å². The first-order valence-electron chi connectivity index (χ1n) is 5.29. The molecule has 0 heterocycles. The highest BCUT2D eigenvalue weighted by Gasteiger charge is 2.40. The molecule has 3 nitrogen and oxygen atoms in total. The molecule has 2 rings (SSSR count). The maximum absolute atomic E-state index is 11.6. The molecular weight excluding hydrogens is 188 g/mol. The van der Waals surface area contributed by atoms with Crippen LogP contribution in [-0.4, -0.2) is 11.9 Å².